The average molecular weight is 129 g/mol. The lowest BCUT2D eigenvalue weighted by Gasteiger charge is -1.99. The number of hydrogen-bond acceptors (Lipinski definition) is 2. The molecule has 4 heteroatoms. The van der Waals surface area contributed by atoms with Crippen LogP contribution in [-0.2, 0) is 4.79 Å². The summed E-state index contributed by atoms with van der Waals surface area (Å²) >= 11 is 0. The van der Waals surface area contributed by atoms with Crippen LogP contribution in [0.15, 0.2) is 0 Å². The van der Waals surface area contributed by atoms with E-state index in [2.05, 4.69) is 5.32 Å². The minimum atomic E-state index is -0.456. The normalized spacial score (nSPS) is 34.8. The van der Waals surface area contributed by atoms with Crippen molar-refractivity contribution in [2.75, 3.05) is 6.54 Å². The number of carbonyl (C=O) groups is 1. The molecule has 1 saturated heterocycles. The third-order valence-electron chi connectivity index (χ3n) is 1.36. The SMILES string of the molecule is NC(=O)[C@@H]1C[C@@H](O)C[N]1. The van der Waals surface area contributed by atoms with Gasteiger partial charge in [0.05, 0.1) is 6.10 Å². The van der Waals surface area contributed by atoms with Crippen molar-refractivity contribution in [1.82, 2.24) is 5.32 Å². The van der Waals surface area contributed by atoms with E-state index in [9.17, 15) is 4.79 Å². The molecule has 0 aromatic heterocycles. The highest BCUT2D eigenvalue weighted by Crippen LogP contribution is 2.06. The topological polar surface area (TPSA) is 77.4 Å². The highest BCUT2D eigenvalue weighted by Gasteiger charge is 2.27. The van der Waals surface area contributed by atoms with Crippen LogP contribution in [0.2, 0.25) is 0 Å². The van der Waals surface area contributed by atoms with Gasteiger partial charge in [0.25, 0.3) is 0 Å². The summed E-state index contributed by atoms with van der Waals surface area (Å²) in [4.78, 5) is 10.4. The van der Waals surface area contributed by atoms with Crippen LogP contribution in [-0.4, -0.2) is 29.7 Å². The van der Waals surface area contributed by atoms with E-state index in [4.69, 9.17) is 10.8 Å². The smallest absolute Gasteiger partial charge is 0.236 e. The predicted molar refractivity (Wildman–Crippen MR) is 30.6 cm³/mol. The number of primary amides is 1. The van der Waals surface area contributed by atoms with Gasteiger partial charge >= 0.3 is 0 Å². The van der Waals surface area contributed by atoms with Gasteiger partial charge in [0, 0.05) is 13.0 Å². The summed E-state index contributed by atoms with van der Waals surface area (Å²) in [6.45, 7) is 0.355. The summed E-state index contributed by atoms with van der Waals surface area (Å²) in [6, 6.07) is -0.444. The standard InChI is InChI=1S/C5H9N2O2/c6-5(9)4-1-3(8)2-7-4/h3-4,8H,1-2H2,(H2,6,9)/t3-,4+/m1/s1. The number of hydrogen-bond donors (Lipinski definition) is 2. The molecule has 0 bridgehead atoms. The number of nitrogens with two attached hydrogens (primary N) is 1. The van der Waals surface area contributed by atoms with Gasteiger partial charge in [0.2, 0.25) is 5.91 Å². The number of carbonyl (C=O) groups excluding carboxylic acids is 1. The van der Waals surface area contributed by atoms with E-state index in [1.807, 2.05) is 0 Å². The zero-order valence-electron chi connectivity index (χ0n) is 4.95. The molecule has 1 fully saturated rings. The quantitative estimate of drug-likeness (QED) is 0.438. The molecule has 0 saturated carbocycles. The molecule has 1 heterocycles. The van der Waals surface area contributed by atoms with Crippen molar-refractivity contribution < 1.29 is 9.90 Å². The molecule has 1 amide bonds. The molecule has 1 aliphatic rings. The van der Waals surface area contributed by atoms with Crippen LogP contribution >= 0.6 is 0 Å². The minimum Gasteiger partial charge on any atom is -0.392 e. The number of rotatable bonds is 1. The van der Waals surface area contributed by atoms with Gasteiger partial charge in [0.15, 0.2) is 0 Å². The minimum absolute atomic E-state index is 0.355. The Morgan fingerprint density at radius 3 is 2.67 bits per heavy atom. The zero-order chi connectivity index (χ0) is 6.85. The molecule has 3 N–H and O–H groups in total. The molecule has 9 heavy (non-hydrogen) atoms. The summed E-state index contributed by atoms with van der Waals surface area (Å²) in [5, 5.41) is 12.6. The van der Waals surface area contributed by atoms with Crippen molar-refractivity contribution in [2.45, 2.75) is 18.6 Å². The highest BCUT2D eigenvalue weighted by atomic mass is 16.3. The summed E-state index contributed by atoms with van der Waals surface area (Å²) in [6.07, 6.45) is -0.0579. The van der Waals surface area contributed by atoms with Crippen molar-refractivity contribution in [2.24, 2.45) is 5.73 Å². The van der Waals surface area contributed by atoms with Gasteiger partial charge < -0.3 is 10.8 Å². The van der Waals surface area contributed by atoms with Crippen molar-refractivity contribution >= 4 is 5.91 Å². The second-order valence-corrected chi connectivity index (χ2v) is 2.17. The molecule has 1 rings (SSSR count). The Hall–Kier alpha value is -0.610. The molecule has 2 atom stereocenters. The Labute approximate surface area is 53.0 Å². The Morgan fingerprint density at radius 1 is 1.78 bits per heavy atom. The summed E-state index contributed by atoms with van der Waals surface area (Å²) in [7, 11) is 0. The van der Waals surface area contributed by atoms with Gasteiger partial charge in [-0.1, -0.05) is 0 Å². The first-order valence-corrected chi connectivity index (χ1v) is 2.84. The van der Waals surface area contributed by atoms with Crippen LogP contribution in [0.25, 0.3) is 0 Å². The van der Waals surface area contributed by atoms with Crippen LogP contribution in [0.4, 0.5) is 0 Å². The van der Waals surface area contributed by atoms with Crippen molar-refractivity contribution in [3.05, 3.63) is 0 Å². The van der Waals surface area contributed by atoms with Crippen LogP contribution in [0, 0.1) is 0 Å². The Balaban J connectivity index is 2.39. The molecule has 1 radical (unpaired) electrons. The fourth-order valence-corrected chi connectivity index (χ4v) is 0.862. The van der Waals surface area contributed by atoms with Crippen molar-refractivity contribution in [3.8, 4) is 0 Å². The lowest BCUT2D eigenvalue weighted by atomic mass is 10.2. The zero-order valence-corrected chi connectivity index (χ0v) is 4.95. The third-order valence-corrected chi connectivity index (χ3v) is 1.36. The molecule has 0 unspecified atom stereocenters. The van der Waals surface area contributed by atoms with Gasteiger partial charge in [-0.2, -0.15) is 0 Å². The van der Waals surface area contributed by atoms with Crippen LogP contribution in [0.1, 0.15) is 6.42 Å². The largest absolute Gasteiger partial charge is 0.392 e. The van der Waals surface area contributed by atoms with Gasteiger partial charge in [-0.05, 0) is 0 Å². The molecular formula is C5H9N2O2. The summed E-state index contributed by atoms with van der Waals surface area (Å²) in [5.74, 6) is -0.438. The van der Waals surface area contributed by atoms with Crippen LogP contribution < -0.4 is 11.1 Å². The van der Waals surface area contributed by atoms with Gasteiger partial charge in [0.1, 0.15) is 6.04 Å². The molecule has 1 aliphatic heterocycles. The average Bonchev–Trinajstić information content (AvgIpc) is 2.14. The molecule has 0 aliphatic carbocycles. The maximum atomic E-state index is 10.4. The summed E-state index contributed by atoms with van der Waals surface area (Å²) < 4.78 is 0. The molecule has 51 valence electrons. The Kier molecular flexibility index (Phi) is 1.68. The molecule has 0 spiro atoms. The monoisotopic (exact) mass is 129 g/mol. The van der Waals surface area contributed by atoms with Crippen LogP contribution in [0.3, 0.4) is 0 Å². The van der Waals surface area contributed by atoms with Gasteiger partial charge in [-0.25, -0.2) is 5.32 Å². The van der Waals surface area contributed by atoms with E-state index >= 15 is 0 Å². The van der Waals surface area contributed by atoms with E-state index in [0.29, 0.717) is 13.0 Å². The highest BCUT2D eigenvalue weighted by molar-refractivity contribution is 5.80. The summed E-state index contributed by atoms with van der Waals surface area (Å²) in [5.41, 5.74) is 4.92. The van der Waals surface area contributed by atoms with Crippen LogP contribution in [0.5, 0.6) is 0 Å². The van der Waals surface area contributed by atoms with Gasteiger partial charge in [-0.15, -0.1) is 0 Å². The second-order valence-electron chi connectivity index (χ2n) is 2.17. The van der Waals surface area contributed by atoms with E-state index in [1.54, 1.807) is 0 Å². The molecule has 0 aromatic carbocycles. The fraction of sp³-hybridized carbons (Fsp3) is 0.800. The Bertz CT molecular complexity index is 126. The molecule has 4 nitrogen and oxygen atoms in total. The van der Waals surface area contributed by atoms with Gasteiger partial charge in [-0.3, -0.25) is 4.79 Å². The number of amides is 1. The van der Waals surface area contributed by atoms with Crippen molar-refractivity contribution in [3.63, 3.8) is 0 Å². The first-order valence-electron chi connectivity index (χ1n) is 2.84. The maximum Gasteiger partial charge on any atom is 0.236 e. The lowest BCUT2D eigenvalue weighted by Crippen LogP contribution is -2.32. The van der Waals surface area contributed by atoms with Crippen molar-refractivity contribution in [1.29, 1.82) is 0 Å². The first kappa shape index (κ1) is 6.51. The third kappa shape index (κ3) is 1.40. The number of aliphatic hydroxyl groups excluding tert-OH is 1. The first-order chi connectivity index (χ1) is 4.20. The number of nitrogens with zero attached hydrogens (tertiary/aromatic N) is 1. The fourth-order valence-electron chi connectivity index (χ4n) is 0.862. The van der Waals surface area contributed by atoms with E-state index in [1.165, 1.54) is 0 Å². The van der Waals surface area contributed by atoms with E-state index in [-0.39, 0.29) is 0 Å². The molecule has 0 aromatic rings. The van der Waals surface area contributed by atoms with E-state index in [0.717, 1.165) is 0 Å². The van der Waals surface area contributed by atoms with E-state index < -0.39 is 18.1 Å². The maximum absolute atomic E-state index is 10.4. The second kappa shape index (κ2) is 2.33. The lowest BCUT2D eigenvalue weighted by molar-refractivity contribution is -0.119. The number of aliphatic hydroxyl groups is 1. The Morgan fingerprint density at radius 2 is 2.44 bits per heavy atom. The molecular weight excluding hydrogens is 120 g/mol. The predicted octanol–water partition coefficient (Wildman–Crippen LogP) is -1.79.